The Morgan fingerprint density at radius 3 is 2.50 bits per heavy atom. The monoisotopic (exact) mass is 176 g/mol. The first kappa shape index (κ1) is 11.3. The number of rotatable bonds is 5. The summed E-state index contributed by atoms with van der Waals surface area (Å²) < 4.78 is 30.5. The Kier molecular flexibility index (Phi) is 4.74. The molecule has 0 aliphatic carbocycles. The molecule has 0 aromatic heterocycles. The molecule has 1 unspecified atom stereocenters. The average Bonchev–Trinajstić information content (AvgIpc) is 2.03. The Bertz CT molecular complexity index is 164. The molecule has 0 saturated heterocycles. The lowest BCUT2D eigenvalue weighted by Crippen LogP contribution is -2.31. The van der Waals surface area contributed by atoms with Gasteiger partial charge in [-0.3, -0.25) is 0 Å². The van der Waals surface area contributed by atoms with Crippen molar-refractivity contribution < 1.29 is 13.5 Å². The summed E-state index contributed by atoms with van der Waals surface area (Å²) in [6.07, 6.45) is 2.71. The maximum Gasteiger partial charge on any atom is 0.295 e. The van der Waals surface area contributed by atoms with Crippen molar-refractivity contribution in [3.63, 3.8) is 0 Å². The van der Waals surface area contributed by atoms with Crippen LogP contribution in [0.2, 0.25) is 0 Å². The summed E-state index contributed by atoms with van der Waals surface area (Å²) in [4.78, 5) is 0. The summed E-state index contributed by atoms with van der Waals surface area (Å²) in [5, 5.41) is 0. The molecule has 0 spiro atoms. The van der Waals surface area contributed by atoms with Gasteiger partial charge in [0.1, 0.15) is 6.10 Å². The average molecular weight is 176 g/mol. The minimum Gasteiger partial charge on any atom is -0.371 e. The molecule has 0 saturated carbocycles. The molecule has 0 aromatic rings. The van der Waals surface area contributed by atoms with Crippen molar-refractivity contribution >= 4 is 0 Å². The smallest absolute Gasteiger partial charge is 0.295 e. The summed E-state index contributed by atoms with van der Waals surface area (Å²) in [6, 6.07) is 0. The minimum absolute atomic E-state index is 0.586. The molecule has 0 bridgehead atoms. The molecule has 0 N–H and O–H groups in total. The highest BCUT2D eigenvalue weighted by Gasteiger charge is 2.34. The molecule has 0 amide bonds. The maximum absolute atomic E-state index is 13.0. The summed E-state index contributed by atoms with van der Waals surface area (Å²) in [7, 11) is 1.24. The van der Waals surface area contributed by atoms with E-state index >= 15 is 0 Å². The van der Waals surface area contributed by atoms with Crippen LogP contribution in [0.5, 0.6) is 0 Å². The topological polar surface area (TPSA) is 9.23 Å². The van der Waals surface area contributed by atoms with Crippen LogP contribution in [0.3, 0.4) is 0 Å². The van der Waals surface area contributed by atoms with E-state index < -0.39 is 12.0 Å². The minimum atomic E-state index is -2.95. The first-order valence-electron chi connectivity index (χ1n) is 3.79. The second kappa shape index (κ2) is 5.04. The normalized spacial score (nSPS) is 15.0. The Morgan fingerprint density at radius 2 is 2.17 bits per heavy atom. The highest BCUT2D eigenvalue weighted by Crippen LogP contribution is 2.23. The van der Waals surface area contributed by atoms with E-state index in [0.29, 0.717) is 6.42 Å². The van der Waals surface area contributed by atoms with Crippen molar-refractivity contribution in [2.45, 2.75) is 25.4 Å². The van der Waals surface area contributed by atoms with Crippen molar-refractivity contribution in [1.29, 1.82) is 0 Å². The van der Waals surface area contributed by atoms with Gasteiger partial charge >= 0.3 is 0 Å². The number of hydrogen-bond acceptors (Lipinski definition) is 1. The van der Waals surface area contributed by atoms with Crippen LogP contribution in [0.1, 0.15) is 13.3 Å². The zero-order valence-electron chi connectivity index (χ0n) is 7.39. The van der Waals surface area contributed by atoms with E-state index in [1.54, 1.807) is 6.92 Å². The van der Waals surface area contributed by atoms with Crippen LogP contribution in [0, 0.1) is 0 Å². The number of hydrogen-bond donors (Lipinski definition) is 0. The fourth-order valence-electron chi connectivity index (χ4n) is 0.780. The summed E-state index contributed by atoms with van der Waals surface area (Å²) in [6.45, 7) is 5.06. The van der Waals surface area contributed by atoms with Crippen LogP contribution in [0.15, 0.2) is 24.8 Å². The highest BCUT2D eigenvalue weighted by atomic mass is 19.3. The summed E-state index contributed by atoms with van der Waals surface area (Å²) in [5.74, 6) is -2.95. The van der Waals surface area contributed by atoms with Gasteiger partial charge in [-0.1, -0.05) is 19.1 Å². The van der Waals surface area contributed by atoms with Gasteiger partial charge in [-0.05, 0) is 12.5 Å². The molecular formula is C9H14F2O. The Balaban J connectivity index is 4.34. The molecule has 3 heteroatoms. The molecule has 0 aliphatic rings. The number of methoxy groups -OCH3 is 1. The first-order valence-corrected chi connectivity index (χ1v) is 3.79. The van der Waals surface area contributed by atoms with Crippen molar-refractivity contribution in [3.8, 4) is 0 Å². The number of ether oxygens (including phenoxy) is 1. The van der Waals surface area contributed by atoms with Crippen molar-refractivity contribution in [3.05, 3.63) is 24.8 Å². The molecule has 0 fully saturated rings. The second-order valence-electron chi connectivity index (χ2n) is 2.38. The van der Waals surface area contributed by atoms with E-state index in [-0.39, 0.29) is 0 Å². The van der Waals surface area contributed by atoms with Gasteiger partial charge in [0, 0.05) is 7.11 Å². The fraction of sp³-hybridized carbons (Fsp3) is 0.556. The van der Waals surface area contributed by atoms with Gasteiger partial charge in [-0.25, -0.2) is 0 Å². The van der Waals surface area contributed by atoms with E-state index in [9.17, 15) is 8.78 Å². The molecule has 0 aromatic carbocycles. The first-order chi connectivity index (χ1) is 5.58. The predicted octanol–water partition coefficient (Wildman–Crippen LogP) is 2.79. The second-order valence-corrected chi connectivity index (χ2v) is 2.38. The molecular weight excluding hydrogens is 162 g/mol. The number of halogens is 2. The molecule has 12 heavy (non-hydrogen) atoms. The van der Waals surface area contributed by atoms with Gasteiger partial charge in [-0.15, -0.1) is 6.58 Å². The third-order valence-electron chi connectivity index (χ3n) is 1.42. The lowest BCUT2D eigenvalue weighted by molar-refractivity contribution is -0.0646. The van der Waals surface area contributed by atoms with Gasteiger partial charge in [0.05, 0.1) is 0 Å². The van der Waals surface area contributed by atoms with Crippen LogP contribution < -0.4 is 0 Å². The SMILES string of the molecule is C=CC(OC)C(F)(F)/C=C\CC. The van der Waals surface area contributed by atoms with Gasteiger partial charge in [-0.2, -0.15) is 8.78 Å². The van der Waals surface area contributed by atoms with Crippen molar-refractivity contribution in [2.75, 3.05) is 7.11 Å². The lowest BCUT2D eigenvalue weighted by Gasteiger charge is -2.19. The summed E-state index contributed by atoms with van der Waals surface area (Å²) >= 11 is 0. The third-order valence-corrected chi connectivity index (χ3v) is 1.42. The van der Waals surface area contributed by atoms with Crippen LogP contribution in [0.25, 0.3) is 0 Å². The summed E-state index contributed by atoms with van der Waals surface area (Å²) in [5.41, 5.74) is 0. The zero-order chi connectivity index (χ0) is 9.61. The zero-order valence-corrected chi connectivity index (χ0v) is 7.39. The molecule has 0 heterocycles. The largest absolute Gasteiger partial charge is 0.371 e. The van der Waals surface area contributed by atoms with Gasteiger partial charge in [0.15, 0.2) is 0 Å². The van der Waals surface area contributed by atoms with Gasteiger partial charge in [0.25, 0.3) is 5.92 Å². The number of allylic oxidation sites excluding steroid dienone is 1. The molecule has 70 valence electrons. The Morgan fingerprint density at radius 1 is 1.58 bits per heavy atom. The highest BCUT2D eigenvalue weighted by molar-refractivity contribution is 5.04. The molecule has 1 nitrogen and oxygen atoms in total. The van der Waals surface area contributed by atoms with Gasteiger partial charge < -0.3 is 4.74 Å². The molecule has 0 rings (SSSR count). The molecule has 1 atom stereocenters. The quantitative estimate of drug-likeness (QED) is 0.585. The van der Waals surface area contributed by atoms with Crippen LogP contribution in [0.4, 0.5) is 8.78 Å². The molecule has 0 radical (unpaired) electrons. The Labute approximate surface area is 71.7 Å². The predicted molar refractivity (Wildman–Crippen MR) is 45.4 cm³/mol. The third kappa shape index (κ3) is 3.13. The van der Waals surface area contributed by atoms with E-state index in [4.69, 9.17) is 0 Å². The van der Waals surface area contributed by atoms with Crippen LogP contribution in [-0.4, -0.2) is 19.1 Å². The maximum atomic E-state index is 13.0. The lowest BCUT2D eigenvalue weighted by atomic mass is 10.1. The standard InChI is InChI=1S/C9H14F2O/c1-4-6-7-9(10,11)8(5-2)12-3/h5-8H,2,4H2,1,3H3/b7-6-. The fourth-order valence-corrected chi connectivity index (χ4v) is 0.780. The number of alkyl halides is 2. The van der Waals surface area contributed by atoms with E-state index in [1.165, 1.54) is 13.2 Å². The molecule has 0 aliphatic heterocycles. The van der Waals surface area contributed by atoms with Crippen molar-refractivity contribution in [1.82, 2.24) is 0 Å². The van der Waals surface area contributed by atoms with Crippen molar-refractivity contribution in [2.24, 2.45) is 0 Å². The van der Waals surface area contributed by atoms with Crippen LogP contribution in [-0.2, 0) is 4.74 Å². The van der Waals surface area contributed by atoms with E-state index in [0.717, 1.165) is 12.2 Å². The van der Waals surface area contributed by atoms with E-state index in [2.05, 4.69) is 11.3 Å². The van der Waals surface area contributed by atoms with E-state index in [1.807, 2.05) is 0 Å². The Hall–Kier alpha value is -0.700. The van der Waals surface area contributed by atoms with Gasteiger partial charge in [0.2, 0.25) is 0 Å². The van der Waals surface area contributed by atoms with Crippen LogP contribution >= 0.6 is 0 Å².